The third kappa shape index (κ3) is 2.77. The molecular weight excluding hydrogens is 220 g/mol. The third-order valence-electron chi connectivity index (χ3n) is 3.40. The van der Waals surface area contributed by atoms with Gasteiger partial charge in [-0.1, -0.05) is 24.3 Å². The van der Waals surface area contributed by atoms with Gasteiger partial charge in [0.15, 0.2) is 0 Å². The van der Waals surface area contributed by atoms with E-state index in [9.17, 15) is 0 Å². The van der Waals surface area contributed by atoms with Crippen molar-refractivity contribution in [1.29, 1.82) is 0 Å². The van der Waals surface area contributed by atoms with Crippen molar-refractivity contribution < 1.29 is 0 Å². The first kappa shape index (κ1) is 12.8. The van der Waals surface area contributed by atoms with Crippen LogP contribution < -0.4 is 5.32 Å². The van der Waals surface area contributed by atoms with E-state index in [-0.39, 0.29) is 0 Å². The van der Waals surface area contributed by atoms with Crippen LogP contribution in [0.3, 0.4) is 0 Å². The molecule has 0 aliphatic heterocycles. The second kappa shape index (κ2) is 5.78. The first-order valence-electron chi connectivity index (χ1n) is 6.34. The molecule has 94 valence electrons. The molecule has 1 unspecified atom stereocenters. The monoisotopic (exact) mass is 240 g/mol. The van der Waals surface area contributed by atoms with E-state index in [4.69, 9.17) is 0 Å². The number of benzene rings is 1. The maximum absolute atomic E-state index is 4.18. The molecule has 2 heteroatoms. The van der Waals surface area contributed by atoms with E-state index < -0.39 is 0 Å². The SMILES string of the molecule is CNC(Cc1cccnc1)c1c(C)cccc1C. The van der Waals surface area contributed by atoms with Crippen molar-refractivity contribution in [3.63, 3.8) is 0 Å². The smallest absolute Gasteiger partial charge is 0.0364 e. The molecule has 0 aliphatic rings. The van der Waals surface area contributed by atoms with Crippen LogP contribution in [0.1, 0.15) is 28.3 Å². The Bertz CT molecular complexity index is 486. The Labute approximate surface area is 109 Å². The average molecular weight is 240 g/mol. The van der Waals surface area contributed by atoms with Crippen molar-refractivity contribution >= 4 is 0 Å². The largest absolute Gasteiger partial charge is 0.313 e. The van der Waals surface area contributed by atoms with E-state index in [1.54, 1.807) is 0 Å². The number of nitrogens with one attached hydrogen (secondary N) is 1. The molecule has 0 saturated carbocycles. The third-order valence-corrected chi connectivity index (χ3v) is 3.40. The number of aromatic nitrogens is 1. The lowest BCUT2D eigenvalue weighted by atomic mass is 9.92. The number of nitrogens with zero attached hydrogens (tertiary/aromatic N) is 1. The first-order valence-corrected chi connectivity index (χ1v) is 6.34. The van der Waals surface area contributed by atoms with Crippen LogP contribution in [0.2, 0.25) is 0 Å². The fourth-order valence-corrected chi connectivity index (χ4v) is 2.48. The highest BCUT2D eigenvalue weighted by Crippen LogP contribution is 2.24. The number of hydrogen-bond donors (Lipinski definition) is 1. The van der Waals surface area contributed by atoms with Crippen LogP contribution in [-0.2, 0) is 6.42 Å². The number of pyridine rings is 1. The summed E-state index contributed by atoms with van der Waals surface area (Å²) in [5.74, 6) is 0. The molecule has 2 nitrogen and oxygen atoms in total. The number of likely N-dealkylation sites (N-methyl/N-ethyl adjacent to an activating group) is 1. The van der Waals surface area contributed by atoms with E-state index >= 15 is 0 Å². The van der Waals surface area contributed by atoms with Gasteiger partial charge in [0.25, 0.3) is 0 Å². The number of hydrogen-bond acceptors (Lipinski definition) is 2. The second-order valence-corrected chi connectivity index (χ2v) is 4.71. The zero-order valence-electron chi connectivity index (χ0n) is 11.3. The van der Waals surface area contributed by atoms with Crippen LogP contribution in [0.15, 0.2) is 42.7 Å². The minimum atomic E-state index is 0.343. The Kier molecular flexibility index (Phi) is 4.11. The standard InChI is InChI=1S/C16H20N2/c1-12-6-4-7-13(2)16(12)15(17-3)10-14-8-5-9-18-11-14/h4-9,11,15,17H,10H2,1-3H3. The first-order chi connectivity index (χ1) is 8.72. The van der Waals surface area contributed by atoms with Crippen LogP contribution in [0.25, 0.3) is 0 Å². The van der Waals surface area contributed by atoms with Crippen LogP contribution in [0.4, 0.5) is 0 Å². The van der Waals surface area contributed by atoms with Gasteiger partial charge in [0.1, 0.15) is 0 Å². The van der Waals surface area contributed by atoms with Gasteiger partial charge < -0.3 is 5.32 Å². The summed E-state index contributed by atoms with van der Waals surface area (Å²) in [6, 6.07) is 10.9. The molecule has 0 bridgehead atoms. The molecule has 0 radical (unpaired) electrons. The van der Waals surface area contributed by atoms with Crippen molar-refractivity contribution in [3.05, 3.63) is 65.0 Å². The Balaban J connectivity index is 2.29. The van der Waals surface area contributed by atoms with Crippen molar-refractivity contribution in [1.82, 2.24) is 10.3 Å². The molecule has 0 fully saturated rings. The van der Waals surface area contributed by atoms with E-state index in [0.717, 1.165) is 6.42 Å². The molecule has 1 N–H and O–H groups in total. The lowest BCUT2D eigenvalue weighted by molar-refractivity contribution is 0.585. The Morgan fingerprint density at radius 2 is 1.83 bits per heavy atom. The minimum absolute atomic E-state index is 0.343. The maximum atomic E-state index is 4.18. The summed E-state index contributed by atoms with van der Waals surface area (Å²) in [7, 11) is 2.02. The maximum Gasteiger partial charge on any atom is 0.0364 e. The zero-order chi connectivity index (χ0) is 13.0. The predicted octanol–water partition coefficient (Wildman–Crippen LogP) is 3.20. The highest BCUT2D eigenvalue weighted by atomic mass is 14.9. The van der Waals surface area contributed by atoms with Gasteiger partial charge in [-0.3, -0.25) is 4.98 Å². The van der Waals surface area contributed by atoms with E-state index in [1.165, 1.54) is 22.3 Å². The van der Waals surface area contributed by atoms with Gasteiger partial charge in [0.05, 0.1) is 0 Å². The van der Waals surface area contributed by atoms with E-state index in [1.807, 2.05) is 25.5 Å². The molecule has 0 saturated heterocycles. The lowest BCUT2D eigenvalue weighted by Gasteiger charge is -2.21. The van der Waals surface area contributed by atoms with Crippen LogP contribution in [-0.4, -0.2) is 12.0 Å². The summed E-state index contributed by atoms with van der Waals surface area (Å²) in [6.07, 6.45) is 4.73. The molecule has 0 aliphatic carbocycles. The predicted molar refractivity (Wildman–Crippen MR) is 75.7 cm³/mol. The molecule has 18 heavy (non-hydrogen) atoms. The van der Waals surface area contributed by atoms with Crippen molar-refractivity contribution in [2.45, 2.75) is 26.3 Å². The molecule has 0 amide bonds. The van der Waals surface area contributed by atoms with Crippen molar-refractivity contribution in [2.24, 2.45) is 0 Å². The van der Waals surface area contributed by atoms with Gasteiger partial charge in [0, 0.05) is 18.4 Å². The van der Waals surface area contributed by atoms with Gasteiger partial charge in [-0.2, -0.15) is 0 Å². The summed E-state index contributed by atoms with van der Waals surface area (Å²) < 4.78 is 0. The van der Waals surface area contributed by atoms with Gasteiger partial charge in [-0.25, -0.2) is 0 Å². The van der Waals surface area contributed by atoms with Crippen LogP contribution in [0, 0.1) is 13.8 Å². The normalized spacial score (nSPS) is 12.4. The highest BCUT2D eigenvalue weighted by molar-refractivity contribution is 5.37. The Hall–Kier alpha value is -1.67. The van der Waals surface area contributed by atoms with E-state index in [2.05, 4.69) is 48.4 Å². The highest BCUT2D eigenvalue weighted by Gasteiger charge is 2.14. The fourth-order valence-electron chi connectivity index (χ4n) is 2.48. The van der Waals surface area contributed by atoms with Gasteiger partial charge >= 0.3 is 0 Å². The summed E-state index contributed by atoms with van der Waals surface area (Å²) in [5, 5.41) is 3.42. The molecule has 2 aromatic rings. The minimum Gasteiger partial charge on any atom is -0.313 e. The Morgan fingerprint density at radius 3 is 2.39 bits per heavy atom. The molecule has 1 aromatic heterocycles. The van der Waals surface area contributed by atoms with Crippen LogP contribution in [0.5, 0.6) is 0 Å². The Morgan fingerprint density at radius 1 is 1.11 bits per heavy atom. The summed E-state index contributed by atoms with van der Waals surface area (Å²) in [4.78, 5) is 4.18. The summed E-state index contributed by atoms with van der Waals surface area (Å²) >= 11 is 0. The van der Waals surface area contributed by atoms with Gasteiger partial charge in [-0.15, -0.1) is 0 Å². The summed E-state index contributed by atoms with van der Waals surface area (Å²) in [5.41, 5.74) is 5.36. The van der Waals surface area contributed by atoms with Gasteiger partial charge in [0.2, 0.25) is 0 Å². The topological polar surface area (TPSA) is 24.9 Å². The quantitative estimate of drug-likeness (QED) is 0.887. The molecular formula is C16H20N2. The van der Waals surface area contributed by atoms with Crippen molar-refractivity contribution in [3.8, 4) is 0 Å². The average Bonchev–Trinajstić information content (AvgIpc) is 2.38. The van der Waals surface area contributed by atoms with Crippen molar-refractivity contribution in [2.75, 3.05) is 7.05 Å². The van der Waals surface area contributed by atoms with E-state index in [0.29, 0.717) is 6.04 Å². The molecule has 2 rings (SSSR count). The van der Waals surface area contributed by atoms with Gasteiger partial charge in [-0.05, 0) is 55.6 Å². The molecule has 1 atom stereocenters. The molecule has 1 aromatic carbocycles. The molecule has 1 heterocycles. The summed E-state index contributed by atoms with van der Waals surface area (Å²) in [6.45, 7) is 4.35. The second-order valence-electron chi connectivity index (χ2n) is 4.71. The number of rotatable bonds is 4. The number of aryl methyl sites for hydroxylation is 2. The lowest BCUT2D eigenvalue weighted by Crippen LogP contribution is -2.21. The fraction of sp³-hybridized carbons (Fsp3) is 0.312. The zero-order valence-corrected chi connectivity index (χ0v) is 11.3. The molecule has 0 spiro atoms. The van der Waals surface area contributed by atoms with Crippen LogP contribution >= 0.6 is 0 Å².